The summed E-state index contributed by atoms with van der Waals surface area (Å²) in [5.41, 5.74) is 1.75. The smallest absolute Gasteiger partial charge is 0.292 e. The first kappa shape index (κ1) is 14.3. The Morgan fingerprint density at radius 3 is 2.58 bits per heavy atom. The lowest BCUT2D eigenvalue weighted by Crippen LogP contribution is -2.45. The highest BCUT2D eigenvalue weighted by atomic mass is 79.9. The molecule has 2 rings (SSSR count). The van der Waals surface area contributed by atoms with Gasteiger partial charge in [-0.2, -0.15) is 0 Å². The summed E-state index contributed by atoms with van der Waals surface area (Å²) in [5, 5.41) is 11.8. The van der Waals surface area contributed by atoms with Gasteiger partial charge >= 0.3 is 0 Å². The van der Waals surface area contributed by atoms with Gasteiger partial charge in [-0.15, -0.1) is 0 Å². The molecule has 2 atom stereocenters. The van der Waals surface area contributed by atoms with Gasteiger partial charge in [0.25, 0.3) is 5.69 Å². The summed E-state index contributed by atoms with van der Waals surface area (Å²) in [6, 6.07) is 5.39. The first-order valence-electron chi connectivity index (χ1n) is 6.25. The number of hydrogen-bond donors (Lipinski definition) is 0. The van der Waals surface area contributed by atoms with E-state index in [-0.39, 0.29) is 22.8 Å². The predicted molar refractivity (Wildman–Crippen MR) is 77.9 cm³/mol. The summed E-state index contributed by atoms with van der Waals surface area (Å²) in [5.74, 6) is 0. The zero-order valence-corrected chi connectivity index (χ0v) is 12.6. The monoisotopic (exact) mass is 328 g/mol. The van der Waals surface area contributed by atoms with Crippen LogP contribution in [0.15, 0.2) is 18.2 Å². The molecule has 1 saturated heterocycles. The Hall–Kier alpha value is -1.14. The summed E-state index contributed by atoms with van der Waals surface area (Å²) in [7, 11) is 0. The van der Waals surface area contributed by atoms with Crippen LogP contribution in [0.25, 0.3) is 0 Å². The standard InChI is InChI=1S/C13H17BrN2O3/c1-9-7-15(8-10(2)19-9)12-4-3-11(6-14)5-13(12)16(17)18/h3-5,9-10H,6-8H2,1-2H3. The maximum absolute atomic E-state index is 11.2. The number of ether oxygens (including phenoxy) is 1. The van der Waals surface area contributed by atoms with Crippen molar-refractivity contribution in [1.29, 1.82) is 0 Å². The molecule has 0 N–H and O–H groups in total. The van der Waals surface area contributed by atoms with E-state index >= 15 is 0 Å². The highest BCUT2D eigenvalue weighted by Crippen LogP contribution is 2.31. The molecule has 0 spiro atoms. The van der Waals surface area contributed by atoms with Gasteiger partial charge in [0, 0.05) is 24.5 Å². The third-order valence-electron chi connectivity index (χ3n) is 3.15. The van der Waals surface area contributed by atoms with E-state index in [4.69, 9.17) is 4.74 Å². The van der Waals surface area contributed by atoms with Gasteiger partial charge in [0.1, 0.15) is 5.69 Å². The zero-order valence-electron chi connectivity index (χ0n) is 11.0. The lowest BCUT2D eigenvalue weighted by Gasteiger charge is -2.36. The fourth-order valence-corrected chi connectivity index (χ4v) is 2.79. The second-order valence-electron chi connectivity index (χ2n) is 4.88. The molecule has 2 unspecified atom stereocenters. The molecule has 1 aliphatic heterocycles. The van der Waals surface area contributed by atoms with Crippen molar-refractivity contribution in [3.05, 3.63) is 33.9 Å². The topological polar surface area (TPSA) is 55.6 Å². The summed E-state index contributed by atoms with van der Waals surface area (Å²) in [6.45, 7) is 5.33. The largest absolute Gasteiger partial charge is 0.372 e. The van der Waals surface area contributed by atoms with Crippen LogP contribution >= 0.6 is 15.9 Å². The van der Waals surface area contributed by atoms with E-state index in [0.717, 1.165) is 5.56 Å². The lowest BCUT2D eigenvalue weighted by molar-refractivity contribution is -0.384. The van der Waals surface area contributed by atoms with Crippen LogP contribution in [-0.4, -0.2) is 30.2 Å². The molecule has 1 fully saturated rings. The second kappa shape index (κ2) is 5.88. The molecule has 0 radical (unpaired) electrons. The molecule has 1 aromatic rings. The van der Waals surface area contributed by atoms with Crippen molar-refractivity contribution in [2.75, 3.05) is 18.0 Å². The molecule has 1 aliphatic rings. The van der Waals surface area contributed by atoms with Gasteiger partial charge in [0.15, 0.2) is 0 Å². The quantitative estimate of drug-likeness (QED) is 0.486. The summed E-state index contributed by atoms with van der Waals surface area (Å²) in [6.07, 6.45) is 0.165. The number of morpholine rings is 1. The number of hydrogen-bond acceptors (Lipinski definition) is 4. The van der Waals surface area contributed by atoms with E-state index < -0.39 is 0 Å². The van der Waals surface area contributed by atoms with Crippen LogP contribution in [0.4, 0.5) is 11.4 Å². The molecule has 1 aromatic carbocycles. The van der Waals surface area contributed by atoms with E-state index in [1.54, 1.807) is 6.07 Å². The minimum absolute atomic E-state index is 0.0826. The molecule has 0 amide bonds. The van der Waals surface area contributed by atoms with Gasteiger partial charge in [-0.25, -0.2) is 0 Å². The minimum Gasteiger partial charge on any atom is -0.372 e. The number of benzene rings is 1. The van der Waals surface area contributed by atoms with Gasteiger partial charge < -0.3 is 9.64 Å². The number of nitrogens with zero attached hydrogens (tertiary/aromatic N) is 2. The molecule has 0 bridgehead atoms. The lowest BCUT2D eigenvalue weighted by atomic mass is 10.1. The number of halogens is 1. The van der Waals surface area contributed by atoms with E-state index in [9.17, 15) is 10.1 Å². The highest BCUT2D eigenvalue weighted by molar-refractivity contribution is 9.08. The van der Waals surface area contributed by atoms with E-state index in [2.05, 4.69) is 15.9 Å². The third-order valence-corrected chi connectivity index (χ3v) is 3.80. The van der Waals surface area contributed by atoms with E-state index in [0.29, 0.717) is 24.1 Å². The summed E-state index contributed by atoms with van der Waals surface area (Å²) in [4.78, 5) is 13.0. The second-order valence-corrected chi connectivity index (χ2v) is 5.44. The van der Waals surface area contributed by atoms with Crippen molar-refractivity contribution in [2.24, 2.45) is 0 Å². The third kappa shape index (κ3) is 3.25. The van der Waals surface area contributed by atoms with Crippen molar-refractivity contribution in [2.45, 2.75) is 31.4 Å². The molecule has 0 aliphatic carbocycles. The van der Waals surface area contributed by atoms with Crippen LogP contribution in [0.3, 0.4) is 0 Å². The highest BCUT2D eigenvalue weighted by Gasteiger charge is 2.27. The van der Waals surface area contributed by atoms with Crippen LogP contribution < -0.4 is 4.90 Å². The first-order chi connectivity index (χ1) is 9.01. The number of rotatable bonds is 3. The Kier molecular flexibility index (Phi) is 4.42. The van der Waals surface area contributed by atoms with Crippen LogP contribution in [0.2, 0.25) is 0 Å². The molecule has 19 heavy (non-hydrogen) atoms. The number of alkyl halides is 1. The van der Waals surface area contributed by atoms with Crippen molar-refractivity contribution >= 4 is 27.3 Å². The average molecular weight is 329 g/mol. The Morgan fingerprint density at radius 2 is 2.05 bits per heavy atom. The number of anilines is 1. The van der Waals surface area contributed by atoms with Crippen molar-refractivity contribution < 1.29 is 9.66 Å². The van der Waals surface area contributed by atoms with Crippen molar-refractivity contribution in [1.82, 2.24) is 0 Å². The Bertz CT molecular complexity index is 471. The molecule has 6 heteroatoms. The van der Waals surface area contributed by atoms with Crippen LogP contribution in [0.5, 0.6) is 0 Å². The Morgan fingerprint density at radius 1 is 1.42 bits per heavy atom. The van der Waals surface area contributed by atoms with Crippen LogP contribution in [-0.2, 0) is 10.1 Å². The maximum atomic E-state index is 11.2. The van der Waals surface area contributed by atoms with Crippen LogP contribution in [0.1, 0.15) is 19.4 Å². The number of nitro benzene ring substituents is 1. The predicted octanol–water partition coefficient (Wildman–Crippen LogP) is 3.10. The molecule has 0 saturated carbocycles. The minimum atomic E-state index is -0.313. The SMILES string of the molecule is CC1CN(c2ccc(CBr)cc2[N+](=O)[O-])CC(C)O1. The molecule has 5 nitrogen and oxygen atoms in total. The van der Waals surface area contributed by atoms with E-state index in [1.165, 1.54) is 0 Å². The van der Waals surface area contributed by atoms with E-state index in [1.807, 2.05) is 30.9 Å². The van der Waals surface area contributed by atoms with Crippen molar-refractivity contribution in [3.63, 3.8) is 0 Å². The molecule has 104 valence electrons. The summed E-state index contributed by atoms with van der Waals surface area (Å²) >= 11 is 3.32. The average Bonchev–Trinajstić information content (AvgIpc) is 2.36. The maximum Gasteiger partial charge on any atom is 0.292 e. The van der Waals surface area contributed by atoms with Gasteiger partial charge in [0.2, 0.25) is 0 Å². The molecule has 0 aromatic heterocycles. The normalized spacial score (nSPS) is 23.4. The zero-order chi connectivity index (χ0) is 14.0. The van der Waals surface area contributed by atoms with Crippen molar-refractivity contribution in [3.8, 4) is 0 Å². The summed E-state index contributed by atoms with van der Waals surface area (Å²) < 4.78 is 5.66. The Balaban J connectivity index is 2.35. The molecular formula is C13H17BrN2O3. The van der Waals surface area contributed by atoms with Gasteiger partial charge in [0.05, 0.1) is 17.1 Å². The van der Waals surface area contributed by atoms with Gasteiger partial charge in [-0.05, 0) is 25.5 Å². The van der Waals surface area contributed by atoms with Crippen LogP contribution in [0, 0.1) is 10.1 Å². The number of nitro groups is 1. The fourth-order valence-electron chi connectivity index (χ4n) is 2.44. The first-order valence-corrected chi connectivity index (χ1v) is 7.37. The Labute approximate surface area is 120 Å². The molecule has 1 heterocycles. The van der Waals surface area contributed by atoms with Gasteiger partial charge in [-0.3, -0.25) is 10.1 Å². The fraction of sp³-hybridized carbons (Fsp3) is 0.538. The molecular weight excluding hydrogens is 312 g/mol. The van der Waals surface area contributed by atoms with Gasteiger partial charge in [-0.1, -0.05) is 22.0 Å².